The SMILES string of the molecule is COCc1ccc(C(=O)N2CCN(CC(=O)Nc3cc4c(cc3C(C)=O)OCO4)CC2)cc1. The number of nitrogens with one attached hydrogen (secondary N) is 1. The minimum atomic E-state index is -0.232. The predicted molar refractivity (Wildman–Crippen MR) is 121 cm³/mol. The number of anilines is 1. The summed E-state index contributed by atoms with van der Waals surface area (Å²) in [6.07, 6.45) is 0. The summed E-state index contributed by atoms with van der Waals surface area (Å²) in [4.78, 5) is 41.2. The van der Waals surface area contributed by atoms with E-state index in [0.29, 0.717) is 61.1 Å². The van der Waals surface area contributed by atoms with E-state index in [4.69, 9.17) is 14.2 Å². The van der Waals surface area contributed by atoms with Gasteiger partial charge in [-0.2, -0.15) is 0 Å². The van der Waals surface area contributed by atoms with Gasteiger partial charge in [0.1, 0.15) is 0 Å². The van der Waals surface area contributed by atoms with Gasteiger partial charge in [0.05, 0.1) is 18.8 Å². The van der Waals surface area contributed by atoms with E-state index in [-0.39, 0.29) is 30.9 Å². The van der Waals surface area contributed by atoms with Gasteiger partial charge < -0.3 is 24.4 Å². The highest BCUT2D eigenvalue weighted by Gasteiger charge is 2.25. The number of Topliss-reactive ketones (excluding diaryl/α,β-unsaturated/α-hetero) is 1. The number of nitrogens with zero attached hydrogens (tertiary/aromatic N) is 2. The second-order valence-corrected chi connectivity index (χ2v) is 8.05. The second-order valence-electron chi connectivity index (χ2n) is 8.05. The third kappa shape index (κ3) is 5.32. The quantitative estimate of drug-likeness (QED) is 0.642. The van der Waals surface area contributed by atoms with Crippen molar-refractivity contribution >= 4 is 23.3 Å². The van der Waals surface area contributed by atoms with Crippen LogP contribution in [0.4, 0.5) is 5.69 Å². The highest BCUT2D eigenvalue weighted by molar-refractivity contribution is 6.05. The summed E-state index contributed by atoms with van der Waals surface area (Å²) in [5.41, 5.74) is 2.43. The summed E-state index contributed by atoms with van der Waals surface area (Å²) in [7, 11) is 1.64. The third-order valence-electron chi connectivity index (χ3n) is 5.70. The van der Waals surface area contributed by atoms with Crippen LogP contribution in [0.3, 0.4) is 0 Å². The van der Waals surface area contributed by atoms with Gasteiger partial charge in [0, 0.05) is 50.5 Å². The van der Waals surface area contributed by atoms with E-state index in [0.717, 1.165) is 5.56 Å². The number of carbonyl (C=O) groups excluding carboxylic acids is 3. The maximum Gasteiger partial charge on any atom is 0.253 e. The highest BCUT2D eigenvalue weighted by Crippen LogP contribution is 2.37. The molecule has 174 valence electrons. The molecule has 1 fully saturated rings. The Morgan fingerprint density at radius 3 is 2.30 bits per heavy atom. The first kappa shape index (κ1) is 22.8. The maximum absolute atomic E-state index is 12.8. The topological polar surface area (TPSA) is 97.4 Å². The van der Waals surface area contributed by atoms with Gasteiger partial charge in [0.15, 0.2) is 17.3 Å². The minimum absolute atomic E-state index is 0.0190. The smallest absolute Gasteiger partial charge is 0.253 e. The molecule has 0 radical (unpaired) electrons. The van der Waals surface area contributed by atoms with Crippen LogP contribution in [0, 0.1) is 0 Å². The normalized spacial score (nSPS) is 15.4. The first-order valence-corrected chi connectivity index (χ1v) is 10.8. The molecule has 1 N–H and O–H groups in total. The summed E-state index contributed by atoms with van der Waals surface area (Å²) in [5, 5.41) is 2.82. The molecule has 9 heteroatoms. The van der Waals surface area contributed by atoms with Gasteiger partial charge in [-0.1, -0.05) is 12.1 Å². The van der Waals surface area contributed by atoms with E-state index >= 15 is 0 Å². The Hall–Kier alpha value is -3.43. The zero-order valence-electron chi connectivity index (χ0n) is 18.8. The van der Waals surface area contributed by atoms with Crippen LogP contribution >= 0.6 is 0 Å². The number of rotatable bonds is 7. The number of amides is 2. The van der Waals surface area contributed by atoms with E-state index in [1.54, 1.807) is 24.1 Å². The molecule has 2 aromatic carbocycles. The van der Waals surface area contributed by atoms with Crippen LogP contribution in [0.5, 0.6) is 11.5 Å². The molecule has 0 saturated carbocycles. The predicted octanol–water partition coefficient (Wildman–Crippen LogP) is 2.16. The van der Waals surface area contributed by atoms with Crippen molar-refractivity contribution in [2.24, 2.45) is 0 Å². The Balaban J connectivity index is 1.31. The molecule has 2 aliphatic rings. The fourth-order valence-corrected chi connectivity index (χ4v) is 3.93. The molecule has 0 aliphatic carbocycles. The lowest BCUT2D eigenvalue weighted by Crippen LogP contribution is -2.50. The molecular weight excluding hydrogens is 426 g/mol. The number of hydrogen-bond acceptors (Lipinski definition) is 7. The first-order valence-electron chi connectivity index (χ1n) is 10.8. The number of carbonyl (C=O) groups is 3. The fraction of sp³-hybridized carbons (Fsp3) is 0.375. The Bertz CT molecular complexity index is 1040. The van der Waals surface area contributed by atoms with Crippen LogP contribution in [-0.2, 0) is 16.1 Å². The van der Waals surface area contributed by atoms with E-state index in [9.17, 15) is 14.4 Å². The number of benzene rings is 2. The van der Waals surface area contributed by atoms with Crippen LogP contribution < -0.4 is 14.8 Å². The number of methoxy groups -OCH3 is 1. The summed E-state index contributed by atoms with van der Waals surface area (Å²) >= 11 is 0. The molecule has 33 heavy (non-hydrogen) atoms. The van der Waals surface area contributed by atoms with E-state index in [2.05, 4.69) is 5.32 Å². The molecule has 4 rings (SSSR count). The Labute approximate surface area is 192 Å². The van der Waals surface area contributed by atoms with Crippen molar-refractivity contribution in [3.8, 4) is 11.5 Å². The highest BCUT2D eigenvalue weighted by atomic mass is 16.7. The average molecular weight is 453 g/mol. The molecule has 2 aliphatic heterocycles. The lowest BCUT2D eigenvalue weighted by molar-refractivity contribution is -0.117. The molecule has 9 nitrogen and oxygen atoms in total. The number of fused-ring (bicyclic) bond motifs is 1. The van der Waals surface area contributed by atoms with Crippen LogP contribution in [0.1, 0.15) is 33.2 Å². The Morgan fingerprint density at radius 2 is 1.67 bits per heavy atom. The van der Waals surface area contributed by atoms with Crippen LogP contribution in [-0.4, -0.2) is 74.0 Å². The minimum Gasteiger partial charge on any atom is -0.454 e. The van der Waals surface area contributed by atoms with E-state index < -0.39 is 0 Å². The summed E-state index contributed by atoms with van der Waals surface area (Å²) in [6.45, 7) is 4.44. The zero-order valence-corrected chi connectivity index (χ0v) is 18.8. The van der Waals surface area contributed by atoms with Crippen LogP contribution in [0.2, 0.25) is 0 Å². The lowest BCUT2D eigenvalue weighted by Gasteiger charge is -2.34. The van der Waals surface area contributed by atoms with Crippen LogP contribution in [0.25, 0.3) is 0 Å². The van der Waals surface area contributed by atoms with Gasteiger partial charge in [-0.25, -0.2) is 0 Å². The summed E-state index contributed by atoms with van der Waals surface area (Å²) in [6, 6.07) is 10.6. The molecule has 0 unspecified atom stereocenters. The molecule has 2 amide bonds. The van der Waals surface area contributed by atoms with Crippen molar-refractivity contribution in [2.75, 3.05) is 51.9 Å². The fourth-order valence-electron chi connectivity index (χ4n) is 3.93. The van der Waals surface area contributed by atoms with Crippen molar-refractivity contribution in [1.82, 2.24) is 9.80 Å². The lowest BCUT2D eigenvalue weighted by atomic mass is 10.1. The van der Waals surface area contributed by atoms with E-state index in [1.165, 1.54) is 6.92 Å². The third-order valence-corrected chi connectivity index (χ3v) is 5.70. The molecule has 0 aromatic heterocycles. The summed E-state index contributed by atoms with van der Waals surface area (Å²) in [5.74, 6) is 0.565. The standard InChI is InChI=1S/C24H27N3O6/c1-16(28)19-11-21-22(33-15-32-21)12-20(19)25-23(29)13-26-7-9-27(10-8-26)24(30)18-5-3-17(4-6-18)14-31-2/h3-6,11-12H,7-10,13-15H2,1-2H3,(H,25,29). The number of ether oxygens (including phenoxy) is 3. The molecule has 0 spiro atoms. The zero-order chi connectivity index (χ0) is 23.4. The molecular formula is C24H27N3O6. The van der Waals surface area contributed by atoms with Gasteiger partial charge in [-0.15, -0.1) is 0 Å². The number of piperazine rings is 1. The molecule has 2 heterocycles. The second kappa shape index (κ2) is 10.0. The molecule has 0 bridgehead atoms. The molecule has 2 aromatic rings. The van der Waals surface area contributed by atoms with Gasteiger partial charge in [0.2, 0.25) is 12.7 Å². The summed E-state index contributed by atoms with van der Waals surface area (Å²) < 4.78 is 15.8. The largest absolute Gasteiger partial charge is 0.454 e. The van der Waals surface area contributed by atoms with E-state index in [1.807, 2.05) is 29.2 Å². The monoisotopic (exact) mass is 453 g/mol. The number of ketones is 1. The molecule has 0 atom stereocenters. The van der Waals surface area contributed by atoms with Gasteiger partial charge in [-0.05, 0) is 30.7 Å². The maximum atomic E-state index is 12.8. The van der Waals surface area contributed by atoms with Gasteiger partial charge in [-0.3, -0.25) is 19.3 Å². The first-order chi connectivity index (χ1) is 15.9. The molecule has 1 saturated heterocycles. The van der Waals surface area contributed by atoms with Crippen molar-refractivity contribution in [3.63, 3.8) is 0 Å². The van der Waals surface area contributed by atoms with Crippen molar-refractivity contribution in [1.29, 1.82) is 0 Å². The van der Waals surface area contributed by atoms with Crippen LogP contribution in [0.15, 0.2) is 36.4 Å². The average Bonchev–Trinajstić information content (AvgIpc) is 3.26. The number of hydrogen-bond donors (Lipinski definition) is 1. The van der Waals surface area contributed by atoms with Gasteiger partial charge >= 0.3 is 0 Å². The van der Waals surface area contributed by atoms with Crippen molar-refractivity contribution < 1.29 is 28.6 Å². The van der Waals surface area contributed by atoms with Crippen molar-refractivity contribution in [3.05, 3.63) is 53.1 Å². The van der Waals surface area contributed by atoms with Gasteiger partial charge in [0.25, 0.3) is 5.91 Å². The Morgan fingerprint density at radius 1 is 1.00 bits per heavy atom. The van der Waals surface area contributed by atoms with Crippen molar-refractivity contribution in [2.45, 2.75) is 13.5 Å². The Kier molecular flexibility index (Phi) is 6.90.